The van der Waals surface area contributed by atoms with Gasteiger partial charge in [0.25, 0.3) is 0 Å². The molecule has 2 N–H and O–H groups in total. The van der Waals surface area contributed by atoms with E-state index in [4.69, 9.17) is 4.52 Å². The Morgan fingerprint density at radius 3 is 2.40 bits per heavy atom. The number of amides is 1. The lowest BCUT2D eigenvalue weighted by Gasteiger charge is -2.28. The second-order valence-corrected chi connectivity index (χ2v) is 13.3. The number of likely N-dealkylation sites (tertiary alicyclic amines) is 1. The number of carbonyl (C=O) groups excluding carboxylic acids is 1. The van der Waals surface area contributed by atoms with E-state index >= 15 is 0 Å². The molecule has 1 saturated carbocycles. The van der Waals surface area contributed by atoms with Crippen molar-refractivity contribution < 1.29 is 28.9 Å². The van der Waals surface area contributed by atoms with Gasteiger partial charge >= 0.3 is 5.97 Å². The Morgan fingerprint density at radius 2 is 1.77 bits per heavy atom. The van der Waals surface area contributed by atoms with Crippen molar-refractivity contribution in [3.63, 3.8) is 0 Å². The van der Waals surface area contributed by atoms with Gasteiger partial charge in [-0.25, -0.2) is 4.79 Å². The zero-order chi connectivity index (χ0) is 25.4. The molecule has 1 aromatic carbocycles. The minimum atomic E-state index is -3.50. The summed E-state index contributed by atoms with van der Waals surface area (Å²) in [6.45, 7) is 3.94. The normalized spacial score (nSPS) is 23.8. The highest BCUT2D eigenvalue weighted by Gasteiger charge is 2.44. The molecule has 3 rings (SSSR count). The summed E-state index contributed by atoms with van der Waals surface area (Å²) in [5.74, 6) is -1.08. The summed E-state index contributed by atoms with van der Waals surface area (Å²) in [5, 5.41) is 20.1. The molecule has 4 atom stereocenters. The predicted molar refractivity (Wildman–Crippen MR) is 136 cm³/mol. The van der Waals surface area contributed by atoms with Crippen LogP contribution in [-0.4, -0.2) is 58.2 Å². The first-order chi connectivity index (χ1) is 16.7. The van der Waals surface area contributed by atoms with Crippen LogP contribution in [-0.2, 0) is 25.1 Å². The molecule has 2 aliphatic rings. The zero-order valence-corrected chi connectivity index (χ0v) is 22.1. The molecule has 196 valence electrons. The van der Waals surface area contributed by atoms with Crippen LogP contribution in [0.4, 0.5) is 0 Å². The van der Waals surface area contributed by atoms with Crippen molar-refractivity contribution in [1.29, 1.82) is 0 Å². The van der Waals surface area contributed by atoms with Crippen LogP contribution in [0.15, 0.2) is 30.3 Å². The quantitative estimate of drug-likeness (QED) is 0.230. The van der Waals surface area contributed by atoms with Gasteiger partial charge in [0.1, 0.15) is 12.2 Å². The van der Waals surface area contributed by atoms with Crippen LogP contribution in [0.1, 0.15) is 70.8 Å². The third-order valence-electron chi connectivity index (χ3n) is 7.56. The first-order valence-electron chi connectivity index (χ1n) is 13.2. The van der Waals surface area contributed by atoms with E-state index in [9.17, 15) is 24.4 Å². The molecule has 0 spiro atoms. The van der Waals surface area contributed by atoms with E-state index in [0.29, 0.717) is 25.3 Å². The van der Waals surface area contributed by atoms with E-state index < -0.39 is 31.6 Å². The average molecular weight is 508 g/mol. The summed E-state index contributed by atoms with van der Waals surface area (Å²) in [4.78, 5) is 26.7. The molecule has 1 aliphatic heterocycles. The van der Waals surface area contributed by atoms with Crippen LogP contribution in [0.25, 0.3) is 0 Å². The SMILES string of the molecule is CC(C)[C@H](O)O[P@@](=O)(CCCCc1ccccc1)CC(=O)N1C[C@H](C2CCCCC2)C[C@H]1C(=O)O. The number of aryl methyl sites for hydroxylation is 1. The van der Waals surface area contributed by atoms with Crippen LogP contribution in [0.5, 0.6) is 0 Å². The smallest absolute Gasteiger partial charge is 0.326 e. The summed E-state index contributed by atoms with van der Waals surface area (Å²) in [6.07, 6.45) is 6.98. The lowest BCUT2D eigenvalue weighted by molar-refractivity contribution is -0.147. The summed E-state index contributed by atoms with van der Waals surface area (Å²) >= 11 is 0. The van der Waals surface area contributed by atoms with Gasteiger partial charge in [-0.05, 0) is 43.1 Å². The van der Waals surface area contributed by atoms with Crippen LogP contribution >= 0.6 is 7.37 Å². The maximum atomic E-state index is 13.8. The maximum absolute atomic E-state index is 13.8. The molecular weight excluding hydrogens is 465 g/mol. The number of benzene rings is 1. The van der Waals surface area contributed by atoms with Gasteiger partial charge in [-0.1, -0.05) is 76.3 Å². The van der Waals surface area contributed by atoms with Crippen LogP contribution in [0.2, 0.25) is 0 Å². The number of carboxylic acids is 1. The lowest BCUT2D eigenvalue weighted by atomic mass is 9.79. The van der Waals surface area contributed by atoms with Crippen molar-refractivity contribution in [2.24, 2.45) is 17.8 Å². The molecule has 1 aliphatic carbocycles. The van der Waals surface area contributed by atoms with Gasteiger partial charge in [0.05, 0.1) is 0 Å². The first kappa shape index (κ1) is 27.9. The molecule has 0 aromatic heterocycles. The number of aliphatic carboxylic acids is 1. The molecule has 1 aromatic rings. The average Bonchev–Trinajstić information content (AvgIpc) is 3.29. The molecule has 7 nitrogen and oxygen atoms in total. The minimum absolute atomic E-state index is 0.174. The molecule has 0 radical (unpaired) electrons. The number of aliphatic hydroxyl groups excluding tert-OH is 1. The van der Waals surface area contributed by atoms with Crippen LogP contribution in [0, 0.1) is 17.8 Å². The first-order valence-corrected chi connectivity index (χ1v) is 15.2. The summed E-state index contributed by atoms with van der Waals surface area (Å²) in [6, 6.07) is 9.14. The van der Waals surface area contributed by atoms with Gasteiger partial charge in [0, 0.05) is 18.6 Å². The standard InChI is InChI=1S/C27H42NO6P/c1-20(2)27(32)34-35(33,16-10-9-13-21-11-5-3-6-12-21)19-25(29)28-18-23(17-24(28)26(30)31)22-14-7-4-8-15-22/h3,5-6,11-12,20,22-24,27,32H,4,7-10,13-19H2,1-2H3,(H,30,31)/t23-,24+,27-,35+/m1/s1. The van der Waals surface area contributed by atoms with Gasteiger partial charge < -0.3 is 15.1 Å². The largest absolute Gasteiger partial charge is 0.480 e. The Morgan fingerprint density at radius 1 is 1.09 bits per heavy atom. The number of carboxylic acid groups (broad SMARTS) is 1. The Hall–Kier alpha value is -1.69. The van der Waals surface area contributed by atoms with Gasteiger partial charge in [0.2, 0.25) is 13.3 Å². The van der Waals surface area contributed by atoms with Crippen molar-refractivity contribution in [2.75, 3.05) is 18.9 Å². The fourth-order valence-corrected chi connectivity index (χ4v) is 7.71. The number of nitrogens with zero attached hydrogens (tertiary/aromatic N) is 1. The van der Waals surface area contributed by atoms with Gasteiger partial charge in [0.15, 0.2) is 6.29 Å². The van der Waals surface area contributed by atoms with E-state index in [1.165, 1.54) is 16.9 Å². The van der Waals surface area contributed by atoms with E-state index in [0.717, 1.165) is 38.5 Å². The molecule has 2 fully saturated rings. The highest BCUT2D eigenvalue weighted by molar-refractivity contribution is 7.59. The molecule has 1 saturated heterocycles. The van der Waals surface area contributed by atoms with Crippen LogP contribution < -0.4 is 0 Å². The molecule has 0 bridgehead atoms. The molecule has 8 heteroatoms. The third kappa shape index (κ3) is 8.16. The molecule has 1 amide bonds. The molecule has 35 heavy (non-hydrogen) atoms. The number of rotatable bonds is 12. The van der Waals surface area contributed by atoms with E-state index in [2.05, 4.69) is 0 Å². The second kappa shape index (κ2) is 13.0. The topological polar surface area (TPSA) is 104 Å². The number of carbonyl (C=O) groups is 2. The molecule has 1 heterocycles. The third-order valence-corrected chi connectivity index (χ3v) is 9.91. The monoisotopic (exact) mass is 507 g/mol. The summed E-state index contributed by atoms with van der Waals surface area (Å²) in [7, 11) is -3.50. The second-order valence-electron chi connectivity index (χ2n) is 10.7. The van der Waals surface area contributed by atoms with E-state index in [-0.39, 0.29) is 24.2 Å². The number of hydrogen-bond donors (Lipinski definition) is 2. The highest BCUT2D eigenvalue weighted by Crippen LogP contribution is 2.50. The molecular formula is C27H42NO6P. The van der Waals surface area contributed by atoms with Gasteiger partial charge in [-0.15, -0.1) is 0 Å². The minimum Gasteiger partial charge on any atom is -0.480 e. The zero-order valence-electron chi connectivity index (χ0n) is 21.2. The number of aliphatic hydroxyl groups is 1. The maximum Gasteiger partial charge on any atom is 0.326 e. The highest BCUT2D eigenvalue weighted by atomic mass is 31.2. The summed E-state index contributed by atoms with van der Waals surface area (Å²) in [5.41, 5.74) is 1.19. The Balaban J connectivity index is 1.65. The number of hydrogen-bond acceptors (Lipinski definition) is 5. The van der Waals surface area contributed by atoms with Crippen molar-refractivity contribution in [1.82, 2.24) is 4.90 Å². The van der Waals surface area contributed by atoms with Crippen molar-refractivity contribution >= 4 is 19.2 Å². The Labute approximate surface area is 209 Å². The van der Waals surface area contributed by atoms with Crippen molar-refractivity contribution in [3.05, 3.63) is 35.9 Å². The van der Waals surface area contributed by atoms with Gasteiger partial charge in [-0.3, -0.25) is 13.9 Å². The van der Waals surface area contributed by atoms with Gasteiger partial charge in [-0.2, -0.15) is 0 Å². The van der Waals surface area contributed by atoms with Crippen LogP contribution in [0.3, 0.4) is 0 Å². The van der Waals surface area contributed by atoms with E-state index in [1.54, 1.807) is 13.8 Å². The fourth-order valence-electron chi connectivity index (χ4n) is 5.44. The van der Waals surface area contributed by atoms with Crippen molar-refractivity contribution in [2.45, 2.75) is 84.0 Å². The van der Waals surface area contributed by atoms with Crippen molar-refractivity contribution in [3.8, 4) is 0 Å². The molecule has 0 unspecified atom stereocenters. The lowest BCUT2D eigenvalue weighted by Crippen LogP contribution is -2.42. The fraction of sp³-hybridized carbons (Fsp3) is 0.704. The van der Waals surface area contributed by atoms with E-state index in [1.807, 2.05) is 30.3 Å². The summed E-state index contributed by atoms with van der Waals surface area (Å²) < 4.78 is 19.4. The Kier molecular flexibility index (Phi) is 10.4. The Bertz CT molecular complexity index is 870. The number of unbranched alkanes of at least 4 members (excludes halogenated alkanes) is 1. The predicted octanol–water partition coefficient (Wildman–Crippen LogP) is 5.16.